The van der Waals surface area contributed by atoms with Crippen LogP contribution in [0.1, 0.15) is 25.3 Å². The van der Waals surface area contributed by atoms with E-state index < -0.39 is 10.0 Å². The predicted octanol–water partition coefficient (Wildman–Crippen LogP) is 1.68. The standard InChI is InChI=1S/C13H19ClN2O3S/c1-2-3-8-20(18,19)16-10-13(17)15-9-11-4-6-12(14)7-5-11/h4-7,16H,2-3,8-10H2,1H3,(H,15,17). The maximum absolute atomic E-state index is 11.5. The van der Waals surface area contributed by atoms with E-state index in [0.717, 1.165) is 12.0 Å². The molecule has 1 aromatic rings. The zero-order chi connectivity index (χ0) is 15.0. The van der Waals surface area contributed by atoms with Crippen LogP contribution in [-0.4, -0.2) is 26.6 Å². The van der Waals surface area contributed by atoms with Crippen LogP contribution in [0.15, 0.2) is 24.3 Å². The zero-order valence-corrected chi connectivity index (χ0v) is 12.9. The molecule has 0 aliphatic heterocycles. The summed E-state index contributed by atoms with van der Waals surface area (Å²) in [5, 5.41) is 3.27. The molecule has 0 aromatic heterocycles. The van der Waals surface area contributed by atoms with Crippen LogP contribution in [0.2, 0.25) is 5.02 Å². The van der Waals surface area contributed by atoms with Crippen molar-refractivity contribution in [3.05, 3.63) is 34.9 Å². The Morgan fingerprint density at radius 2 is 1.90 bits per heavy atom. The fraction of sp³-hybridized carbons (Fsp3) is 0.462. The minimum atomic E-state index is -3.36. The van der Waals surface area contributed by atoms with Crippen LogP contribution >= 0.6 is 11.6 Å². The van der Waals surface area contributed by atoms with Crippen molar-refractivity contribution in [3.63, 3.8) is 0 Å². The highest BCUT2D eigenvalue weighted by Gasteiger charge is 2.11. The number of sulfonamides is 1. The van der Waals surface area contributed by atoms with E-state index in [1.807, 2.05) is 6.92 Å². The molecule has 0 saturated heterocycles. The van der Waals surface area contributed by atoms with Crippen LogP contribution in [0.3, 0.4) is 0 Å². The normalized spacial score (nSPS) is 11.3. The molecule has 0 unspecified atom stereocenters. The van der Waals surface area contributed by atoms with Crippen LogP contribution in [0, 0.1) is 0 Å². The van der Waals surface area contributed by atoms with Gasteiger partial charge in [-0.25, -0.2) is 13.1 Å². The van der Waals surface area contributed by atoms with Gasteiger partial charge in [-0.3, -0.25) is 4.79 Å². The van der Waals surface area contributed by atoms with Crippen LogP contribution in [0.5, 0.6) is 0 Å². The van der Waals surface area contributed by atoms with Crippen LogP contribution in [0.25, 0.3) is 0 Å². The average molecular weight is 319 g/mol. The van der Waals surface area contributed by atoms with E-state index in [1.54, 1.807) is 24.3 Å². The fourth-order valence-electron chi connectivity index (χ4n) is 1.45. The lowest BCUT2D eigenvalue weighted by Gasteiger charge is -2.07. The SMILES string of the molecule is CCCCS(=O)(=O)NCC(=O)NCc1ccc(Cl)cc1. The third-order valence-corrected chi connectivity index (χ3v) is 4.28. The molecule has 1 rings (SSSR count). The number of nitrogens with one attached hydrogen (secondary N) is 2. The van der Waals surface area contributed by atoms with Gasteiger partial charge in [0.15, 0.2) is 0 Å². The molecule has 7 heteroatoms. The lowest BCUT2D eigenvalue weighted by Crippen LogP contribution is -2.37. The number of rotatable bonds is 8. The van der Waals surface area contributed by atoms with Gasteiger partial charge in [-0.05, 0) is 24.1 Å². The van der Waals surface area contributed by atoms with Gasteiger partial charge in [0.1, 0.15) is 0 Å². The molecule has 5 nitrogen and oxygen atoms in total. The summed E-state index contributed by atoms with van der Waals surface area (Å²) >= 11 is 5.75. The molecule has 0 aliphatic rings. The Morgan fingerprint density at radius 3 is 2.50 bits per heavy atom. The highest BCUT2D eigenvalue weighted by atomic mass is 35.5. The summed E-state index contributed by atoms with van der Waals surface area (Å²) in [4.78, 5) is 11.5. The summed E-state index contributed by atoms with van der Waals surface area (Å²) in [7, 11) is -3.36. The van der Waals surface area contributed by atoms with Crippen molar-refractivity contribution in [1.82, 2.24) is 10.0 Å². The van der Waals surface area contributed by atoms with E-state index in [4.69, 9.17) is 11.6 Å². The van der Waals surface area contributed by atoms with Gasteiger partial charge in [0.05, 0.1) is 12.3 Å². The topological polar surface area (TPSA) is 75.3 Å². The van der Waals surface area contributed by atoms with Gasteiger partial charge in [-0.1, -0.05) is 37.1 Å². The molecule has 0 aliphatic carbocycles. The second-order valence-electron chi connectivity index (χ2n) is 4.40. The van der Waals surface area contributed by atoms with Gasteiger partial charge in [-0.2, -0.15) is 0 Å². The van der Waals surface area contributed by atoms with E-state index in [9.17, 15) is 13.2 Å². The van der Waals surface area contributed by atoms with E-state index >= 15 is 0 Å². The Bertz CT molecular complexity index is 529. The molecular weight excluding hydrogens is 300 g/mol. The molecule has 0 spiro atoms. The van der Waals surface area contributed by atoms with Gasteiger partial charge in [0, 0.05) is 11.6 Å². The van der Waals surface area contributed by atoms with Crippen molar-refractivity contribution in [2.24, 2.45) is 0 Å². The van der Waals surface area contributed by atoms with E-state index in [0.29, 0.717) is 18.0 Å². The van der Waals surface area contributed by atoms with Crippen LogP contribution in [0.4, 0.5) is 0 Å². The quantitative estimate of drug-likeness (QED) is 0.765. The number of carbonyl (C=O) groups is 1. The summed E-state index contributed by atoms with van der Waals surface area (Å²) in [5.41, 5.74) is 0.900. The second kappa shape index (κ2) is 8.24. The Hall–Kier alpha value is -1.11. The summed E-state index contributed by atoms with van der Waals surface area (Å²) in [6.45, 7) is 2.01. The molecule has 0 heterocycles. The van der Waals surface area contributed by atoms with Gasteiger partial charge in [0.2, 0.25) is 15.9 Å². The monoisotopic (exact) mass is 318 g/mol. The third-order valence-electron chi connectivity index (χ3n) is 2.62. The molecule has 112 valence electrons. The molecule has 1 aromatic carbocycles. The number of hydrogen-bond donors (Lipinski definition) is 2. The van der Waals surface area contributed by atoms with Gasteiger partial charge in [-0.15, -0.1) is 0 Å². The zero-order valence-electron chi connectivity index (χ0n) is 11.4. The highest BCUT2D eigenvalue weighted by Crippen LogP contribution is 2.08. The van der Waals surface area contributed by atoms with E-state index in [-0.39, 0.29) is 18.2 Å². The highest BCUT2D eigenvalue weighted by molar-refractivity contribution is 7.89. The summed E-state index contributed by atoms with van der Waals surface area (Å²) in [6.07, 6.45) is 1.38. The largest absolute Gasteiger partial charge is 0.351 e. The summed E-state index contributed by atoms with van der Waals surface area (Å²) < 4.78 is 25.3. The molecule has 0 radical (unpaired) electrons. The number of hydrogen-bond acceptors (Lipinski definition) is 3. The first-order valence-corrected chi connectivity index (χ1v) is 8.44. The minimum Gasteiger partial charge on any atom is -0.351 e. The van der Waals surface area contributed by atoms with Crippen LogP contribution in [-0.2, 0) is 21.4 Å². The third kappa shape index (κ3) is 6.88. The van der Waals surface area contributed by atoms with Gasteiger partial charge < -0.3 is 5.32 Å². The number of benzene rings is 1. The molecule has 0 atom stereocenters. The first-order chi connectivity index (χ1) is 9.43. The Balaban J connectivity index is 2.32. The smallest absolute Gasteiger partial charge is 0.235 e. The van der Waals surface area contributed by atoms with Gasteiger partial charge >= 0.3 is 0 Å². The molecule has 0 saturated carbocycles. The Labute approximate surface area is 124 Å². The summed E-state index contributed by atoms with van der Waals surface area (Å²) in [5.74, 6) is -0.312. The van der Waals surface area contributed by atoms with E-state index in [2.05, 4.69) is 10.0 Å². The molecule has 2 N–H and O–H groups in total. The van der Waals surface area contributed by atoms with Crippen molar-refractivity contribution < 1.29 is 13.2 Å². The molecular formula is C13H19ClN2O3S. The first-order valence-electron chi connectivity index (χ1n) is 6.41. The second-order valence-corrected chi connectivity index (χ2v) is 6.76. The Kier molecular flexibility index (Phi) is 6.98. The maximum atomic E-state index is 11.5. The number of halogens is 1. The molecule has 0 bridgehead atoms. The molecule has 20 heavy (non-hydrogen) atoms. The number of carbonyl (C=O) groups excluding carboxylic acids is 1. The number of unbranched alkanes of at least 4 members (excludes halogenated alkanes) is 1. The van der Waals surface area contributed by atoms with Crippen molar-refractivity contribution in [1.29, 1.82) is 0 Å². The van der Waals surface area contributed by atoms with Crippen molar-refractivity contribution in [2.75, 3.05) is 12.3 Å². The maximum Gasteiger partial charge on any atom is 0.235 e. The van der Waals surface area contributed by atoms with Crippen molar-refractivity contribution in [3.8, 4) is 0 Å². The predicted molar refractivity (Wildman–Crippen MR) is 80.0 cm³/mol. The van der Waals surface area contributed by atoms with Gasteiger partial charge in [0.25, 0.3) is 0 Å². The number of amides is 1. The Morgan fingerprint density at radius 1 is 1.25 bits per heavy atom. The minimum absolute atomic E-state index is 0.0496. The van der Waals surface area contributed by atoms with E-state index in [1.165, 1.54) is 0 Å². The summed E-state index contributed by atoms with van der Waals surface area (Å²) in [6, 6.07) is 7.06. The van der Waals surface area contributed by atoms with Crippen LogP contribution < -0.4 is 10.0 Å². The lowest BCUT2D eigenvalue weighted by molar-refractivity contribution is -0.120. The van der Waals surface area contributed by atoms with Crippen molar-refractivity contribution in [2.45, 2.75) is 26.3 Å². The van der Waals surface area contributed by atoms with Crippen molar-refractivity contribution >= 4 is 27.5 Å². The molecule has 1 amide bonds. The first kappa shape index (κ1) is 16.9. The molecule has 0 fully saturated rings. The lowest BCUT2D eigenvalue weighted by atomic mass is 10.2. The average Bonchev–Trinajstić information content (AvgIpc) is 2.42. The fourth-order valence-corrected chi connectivity index (χ4v) is 2.74.